The van der Waals surface area contributed by atoms with Crippen LogP contribution in [0.2, 0.25) is 0 Å². The zero-order valence-corrected chi connectivity index (χ0v) is 8.71. The smallest absolute Gasteiger partial charge is 0.133 e. The van der Waals surface area contributed by atoms with Crippen LogP contribution in [0.4, 0.5) is 0 Å². The van der Waals surface area contributed by atoms with Crippen molar-refractivity contribution in [2.45, 2.75) is 52.4 Å². The molecular weight excluding hydrogens is 164 g/mol. The van der Waals surface area contributed by atoms with Gasteiger partial charge in [0.2, 0.25) is 0 Å². The molecule has 0 saturated heterocycles. The number of carbonyl (C=O) groups is 2. The fourth-order valence-corrected chi connectivity index (χ4v) is 1.40. The Kier molecular flexibility index (Phi) is 6.47. The van der Waals surface area contributed by atoms with Gasteiger partial charge in [-0.15, -0.1) is 0 Å². The first kappa shape index (κ1) is 12.3. The molecule has 0 aromatic heterocycles. The van der Waals surface area contributed by atoms with Crippen LogP contribution >= 0.6 is 0 Å². The minimum absolute atomic E-state index is 0.675. The molecule has 0 aliphatic rings. The minimum Gasteiger partial charge on any atom is -0.302 e. The highest BCUT2D eigenvalue weighted by atomic mass is 16.1. The fraction of sp³-hybridized carbons (Fsp3) is 0.818. The Morgan fingerprint density at radius 3 is 1.54 bits per heavy atom. The fourth-order valence-electron chi connectivity index (χ4n) is 1.40. The summed E-state index contributed by atoms with van der Waals surface area (Å²) in [6, 6.07) is 0. The van der Waals surface area contributed by atoms with Gasteiger partial charge in [-0.2, -0.15) is 0 Å². The lowest BCUT2D eigenvalue weighted by molar-refractivity contribution is -0.127. The van der Waals surface area contributed by atoms with Gasteiger partial charge in [0.05, 0.1) is 5.41 Å². The van der Waals surface area contributed by atoms with Gasteiger partial charge < -0.3 is 9.59 Å². The highest BCUT2D eigenvalue weighted by Gasteiger charge is 2.27. The molecule has 0 bridgehead atoms. The molecule has 0 atom stereocenters. The van der Waals surface area contributed by atoms with Crippen molar-refractivity contribution in [3.05, 3.63) is 0 Å². The molecule has 0 aliphatic carbocycles. The summed E-state index contributed by atoms with van der Waals surface area (Å²) in [5.74, 6) is 0. The Balaban J connectivity index is 4.13. The number of hydrogen-bond acceptors (Lipinski definition) is 2. The van der Waals surface area contributed by atoms with Gasteiger partial charge in [-0.25, -0.2) is 0 Å². The van der Waals surface area contributed by atoms with E-state index < -0.39 is 5.41 Å². The average molecular weight is 184 g/mol. The first-order chi connectivity index (χ1) is 6.24. The molecule has 0 aliphatic heterocycles. The quantitative estimate of drug-likeness (QED) is 0.429. The normalized spacial score (nSPS) is 11.2. The molecule has 0 aromatic rings. The molecule has 0 radical (unpaired) electrons. The average Bonchev–Trinajstić information content (AvgIpc) is 2.20. The summed E-state index contributed by atoms with van der Waals surface area (Å²) in [4.78, 5) is 21.7. The Bertz CT molecular complexity index is 134. The third kappa shape index (κ3) is 4.20. The maximum atomic E-state index is 10.8. The van der Waals surface area contributed by atoms with Crippen LogP contribution in [0.3, 0.4) is 0 Å². The second-order valence-electron chi connectivity index (χ2n) is 3.68. The highest BCUT2D eigenvalue weighted by Crippen LogP contribution is 2.26. The summed E-state index contributed by atoms with van der Waals surface area (Å²) in [5.41, 5.74) is -0.675. The molecule has 2 heteroatoms. The van der Waals surface area contributed by atoms with E-state index in [9.17, 15) is 9.59 Å². The van der Waals surface area contributed by atoms with Crippen LogP contribution in [0, 0.1) is 5.41 Å². The Hall–Kier alpha value is -0.660. The largest absolute Gasteiger partial charge is 0.302 e. The van der Waals surface area contributed by atoms with Crippen molar-refractivity contribution in [2.75, 3.05) is 0 Å². The molecule has 76 valence electrons. The number of hydrogen-bond donors (Lipinski definition) is 0. The van der Waals surface area contributed by atoms with Gasteiger partial charge in [0, 0.05) is 0 Å². The number of rotatable bonds is 8. The van der Waals surface area contributed by atoms with Gasteiger partial charge in [0.1, 0.15) is 12.6 Å². The summed E-state index contributed by atoms with van der Waals surface area (Å²) >= 11 is 0. The van der Waals surface area contributed by atoms with E-state index in [1.165, 1.54) is 0 Å². The molecular formula is C11H20O2. The van der Waals surface area contributed by atoms with Crippen LogP contribution in [-0.2, 0) is 9.59 Å². The Morgan fingerprint density at radius 2 is 1.31 bits per heavy atom. The molecule has 2 nitrogen and oxygen atoms in total. The zero-order chi connectivity index (χ0) is 10.2. The first-order valence-electron chi connectivity index (χ1n) is 5.17. The van der Waals surface area contributed by atoms with Crippen molar-refractivity contribution >= 4 is 12.6 Å². The lowest BCUT2D eigenvalue weighted by Gasteiger charge is -2.20. The maximum Gasteiger partial charge on any atom is 0.133 e. The summed E-state index contributed by atoms with van der Waals surface area (Å²) < 4.78 is 0. The summed E-state index contributed by atoms with van der Waals surface area (Å²) in [6.45, 7) is 4.14. The van der Waals surface area contributed by atoms with Crippen LogP contribution in [0.25, 0.3) is 0 Å². The van der Waals surface area contributed by atoms with Crippen LogP contribution in [0.1, 0.15) is 52.4 Å². The van der Waals surface area contributed by atoms with Gasteiger partial charge in [0.25, 0.3) is 0 Å². The minimum atomic E-state index is -0.675. The van der Waals surface area contributed by atoms with E-state index in [2.05, 4.69) is 13.8 Å². The number of aldehydes is 2. The van der Waals surface area contributed by atoms with E-state index in [-0.39, 0.29) is 0 Å². The molecule has 0 heterocycles. The topological polar surface area (TPSA) is 34.1 Å². The molecule has 0 spiro atoms. The van der Waals surface area contributed by atoms with E-state index in [0.717, 1.165) is 51.1 Å². The lowest BCUT2D eigenvalue weighted by Crippen LogP contribution is -2.24. The monoisotopic (exact) mass is 184 g/mol. The van der Waals surface area contributed by atoms with Crippen molar-refractivity contribution in [1.82, 2.24) is 0 Å². The molecule has 0 fully saturated rings. The number of carbonyl (C=O) groups excluding carboxylic acids is 2. The van der Waals surface area contributed by atoms with Crippen molar-refractivity contribution in [3.63, 3.8) is 0 Å². The van der Waals surface area contributed by atoms with Crippen molar-refractivity contribution in [2.24, 2.45) is 5.41 Å². The highest BCUT2D eigenvalue weighted by molar-refractivity contribution is 5.83. The predicted octanol–water partition coefficient (Wildman–Crippen LogP) is 2.75. The van der Waals surface area contributed by atoms with Crippen molar-refractivity contribution in [1.29, 1.82) is 0 Å². The SMILES string of the molecule is CCCCC(C=O)(C=O)CCCC. The first-order valence-corrected chi connectivity index (χ1v) is 5.17. The van der Waals surface area contributed by atoms with Gasteiger partial charge in [0.15, 0.2) is 0 Å². The second kappa shape index (κ2) is 6.81. The molecule has 0 amide bonds. The van der Waals surface area contributed by atoms with Crippen LogP contribution in [0.5, 0.6) is 0 Å². The third-order valence-corrected chi connectivity index (χ3v) is 2.46. The van der Waals surface area contributed by atoms with Crippen molar-refractivity contribution < 1.29 is 9.59 Å². The summed E-state index contributed by atoms with van der Waals surface area (Å²) in [5, 5.41) is 0. The molecule has 0 aromatic carbocycles. The van der Waals surface area contributed by atoms with Gasteiger partial charge >= 0.3 is 0 Å². The maximum absolute atomic E-state index is 10.8. The molecule has 0 rings (SSSR count). The Labute approximate surface area is 80.7 Å². The second-order valence-corrected chi connectivity index (χ2v) is 3.68. The molecule has 13 heavy (non-hydrogen) atoms. The number of unbranched alkanes of at least 4 members (excludes halogenated alkanes) is 2. The van der Waals surface area contributed by atoms with Crippen molar-refractivity contribution in [3.8, 4) is 0 Å². The third-order valence-electron chi connectivity index (χ3n) is 2.46. The standard InChI is InChI=1S/C11H20O2/c1-3-5-7-11(9-12,10-13)8-6-4-2/h9-10H,3-8H2,1-2H3. The van der Waals surface area contributed by atoms with Crippen LogP contribution in [-0.4, -0.2) is 12.6 Å². The molecule has 0 saturated carbocycles. The Morgan fingerprint density at radius 1 is 0.923 bits per heavy atom. The molecule has 0 unspecified atom stereocenters. The van der Waals surface area contributed by atoms with E-state index in [0.29, 0.717) is 0 Å². The van der Waals surface area contributed by atoms with E-state index in [1.807, 2.05) is 0 Å². The molecule has 0 N–H and O–H groups in total. The lowest BCUT2D eigenvalue weighted by atomic mass is 9.81. The van der Waals surface area contributed by atoms with E-state index in [4.69, 9.17) is 0 Å². The predicted molar refractivity (Wildman–Crippen MR) is 53.6 cm³/mol. The van der Waals surface area contributed by atoms with Gasteiger partial charge in [-0.3, -0.25) is 0 Å². The van der Waals surface area contributed by atoms with Gasteiger partial charge in [-0.05, 0) is 12.8 Å². The van der Waals surface area contributed by atoms with Gasteiger partial charge in [-0.1, -0.05) is 39.5 Å². The summed E-state index contributed by atoms with van der Waals surface area (Å²) in [6.07, 6.45) is 7.11. The van der Waals surface area contributed by atoms with Crippen LogP contribution in [0.15, 0.2) is 0 Å². The summed E-state index contributed by atoms with van der Waals surface area (Å²) in [7, 11) is 0. The van der Waals surface area contributed by atoms with E-state index in [1.54, 1.807) is 0 Å². The van der Waals surface area contributed by atoms with E-state index >= 15 is 0 Å². The van der Waals surface area contributed by atoms with Crippen LogP contribution < -0.4 is 0 Å². The zero-order valence-electron chi connectivity index (χ0n) is 8.71.